The molecule has 0 amide bonds. The lowest BCUT2D eigenvalue weighted by Gasteiger charge is -2.34. The van der Waals surface area contributed by atoms with E-state index in [1.807, 2.05) is 6.92 Å². The number of nitrogens with zero attached hydrogens (tertiary/aromatic N) is 1. The van der Waals surface area contributed by atoms with Gasteiger partial charge in [-0.2, -0.15) is 0 Å². The molecule has 0 aromatic rings. The fourth-order valence-corrected chi connectivity index (χ4v) is 2.89. The lowest BCUT2D eigenvalue weighted by atomic mass is 9.93. The average Bonchev–Trinajstić information content (AvgIpc) is 2.16. The monoisotopic (exact) mass is 249 g/mol. The van der Waals surface area contributed by atoms with Gasteiger partial charge in [-0.1, -0.05) is 0 Å². The summed E-state index contributed by atoms with van der Waals surface area (Å²) in [5.41, 5.74) is 0. The second-order valence-electron chi connectivity index (χ2n) is 4.93. The van der Waals surface area contributed by atoms with Crippen LogP contribution in [-0.2, 0) is 9.84 Å². The molecule has 0 spiro atoms. The summed E-state index contributed by atoms with van der Waals surface area (Å²) in [6.07, 6.45) is 3.92. The van der Waals surface area contributed by atoms with Crippen molar-refractivity contribution in [2.75, 3.05) is 31.6 Å². The van der Waals surface area contributed by atoms with Crippen LogP contribution in [0.1, 0.15) is 26.2 Å². The Balaban J connectivity index is 2.27. The molecule has 0 aromatic carbocycles. The molecule has 0 aromatic heterocycles. The van der Waals surface area contributed by atoms with E-state index in [9.17, 15) is 13.5 Å². The highest BCUT2D eigenvalue weighted by molar-refractivity contribution is 7.90. The molecule has 96 valence electrons. The van der Waals surface area contributed by atoms with Crippen molar-refractivity contribution in [2.24, 2.45) is 5.92 Å². The van der Waals surface area contributed by atoms with Gasteiger partial charge in [0.25, 0.3) is 0 Å². The third-order valence-electron chi connectivity index (χ3n) is 3.21. The number of likely N-dealkylation sites (tertiary alicyclic amines) is 1. The van der Waals surface area contributed by atoms with E-state index in [4.69, 9.17) is 0 Å². The second kappa shape index (κ2) is 5.98. The van der Waals surface area contributed by atoms with Crippen LogP contribution in [0.25, 0.3) is 0 Å². The molecular weight excluding hydrogens is 226 g/mol. The summed E-state index contributed by atoms with van der Waals surface area (Å²) in [7, 11) is -2.83. The van der Waals surface area contributed by atoms with Crippen LogP contribution in [0.4, 0.5) is 0 Å². The largest absolute Gasteiger partial charge is 0.393 e. The highest BCUT2D eigenvalue weighted by atomic mass is 32.2. The van der Waals surface area contributed by atoms with Crippen LogP contribution in [-0.4, -0.2) is 56.2 Å². The minimum absolute atomic E-state index is 0.252. The highest BCUT2D eigenvalue weighted by Crippen LogP contribution is 2.19. The molecule has 0 aliphatic carbocycles. The van der Waals surface area contributed by atoms with E-state index in [0.29, 0.717) is 12.3 Å². The average molecular weight is 249 g/mol. The first-order valence-electron chi connectivity index (χ1n) is 5.96. The van der Waals surface area contributed by atoms with Gasteiger partial charge >= 0.3 is 0 Å². The Morgan fingerprint density at radius 3 is 2.75 bits per heavy atom. The van der Waals surface area contributed by atoms with Crippen LogP contribution in [0.3, 0.4) is 0 Å². The van der Waals surface area contributed by atoms with E-state index in [0.717, 1.165) is 32.5 Å². The molecule has 0 saturated carbocycles. The van der Waals surface area contributed by atoms with Gasteiger partial charge in [-0.25, -0.2) is 8.42 Å². The number of piperidine rings is 1. The van der Waals surface area contributed by atoms with Crippen LogP contribution >= 0.6 is 0 Å². The minimum Gasteiger partial charge on any atom is -0.393 e. The molecule has 1 N–H and O–H groups in total. The maximum Gasteiger partial charge on any atom is 0.147 e. The normalized spacial score (nSPS) is 25.6. The summed E-state index contributed by atoms with van der Waals surface area (Å²) < 4.78 is 22.0. The summed E-state index contributed by atoms with van der Waals surface area (Å²) in [4.78, 5) is 2.27. The van der Waals surface area contributed by atoms with Crippen molar-refractivity contribution in [1.29, 1.82) is 0 Å². The fraction of sp³-hybridized carbons (Fsp3) is 1.00. The molecule has 0 radical (unpaired) electrons. The number of aliphatic hydroxyl groups is 1. The van der Waals surface area contributed by atoms with E-state index >= 15 is 0 Å². The van der Waals surface area contributed by atoms with Crippen molar-refractivity contribution in [3.63, 3.8) is 0 Å². The van der Waals surface area contributed by atoms with Gasteiger partial charge < -0.3 is 10.0 Å². The van der Waals surface area contributed by atoms with E-state index in [1.165, 1.54) is 6.26 Å². The van der Waals surface area contributed by atoms with Crippen molar-refractivity contribution >= 4 is 9.84 Å². The number of rotatable bonds is 5. The van der Waals surface area contributed by atoms with Crippen molar-refractivity contribution in [1.82, 2.24) is 4.90 Å². The van der Waals surface area contributed by atoms with E-state index in [-0.39, 0.29) is 11.9 Å². The van der Waals surface area contributed by atoms with Gasteiger partial charge in [0.1, 0.15) is 9.84 Å². The minimum atomic E-state index is -2.83. The number of hydrogen-bond donors (Lipinski definition) is 1. The number of hydrogen-bond acceptors (Lipinski definition) is 4. The third kappa shape index (κ3) is 5.27. The number of sulfone groups is 1. The molecule has 2 atom stereocenters. The summed E-state index contributed by atoms with van der Waals surface area (Å²) in [5, 5.41) is 9.53. The molecule has 1 rings (SSSR count). The van der Waals surface area contributed by atoms with Crippen molar-refractivity contribution in [3.05, 3.63) is 0 Å². The molecule has 16 heavy (non-hydrogen) atoms. The summed E-state index contributed by atoms with van der Waals surface area (Å²) >= 11 is 0. The molecule has 1 heterocycles. The third-order valence-corrected chi connectivity index (χ3v) is 4.24. The second-order valence-corrected chi connectivity index (χ2v) is 7.19. The van der Waals surface area contributed by atoms with Gasteiger partial charge in [0, 0.05) is 12.8 Å². The molecular formula is C11H23NO3S. The summed E-state index contributed by atoms with van der Waals surface area (Å²) in [5.74, 6) is 0.620. The zero-order valence-corrected chi connectivity index (χ0v) is 11.0. The van der Waals surface area contributed by atoms with Crippen LogP contribution in [0.15, 0.2) is 0 Å². The van der Waals surface area contributed by atoms with E-state index in [2.05, 4.69) is 4.90 Å². The Hall–Kier alpha value is -0.130. The first kappa shape index (κ1) is 13.9. The topological polar surface area (TPSA) is 57.6 Å². The highest BCUT2D eigenvalue weighted by Gasteiger charge is 2.23. The Kier molecular flexibility index (Phi) is 5.21. The smallest absolute Gasteiger partial charge is 0.147 e. The van der Waals surface area contributed by atoms with Gasteiger partial charge in [-0.05, 0) is 45.2 Å². The maximum atomic E-state index is 11.0. The predicted octanol–water partition coefficient (Wildman–Crippen LogP) is 0.514. The lowest BCUT2D eigenvalue weighted by Crippen LogP contribution is -2.40. The SMILES string of the molecule is CC(O)C1CCCN(CCCS(C)(=O)=O)C1. The Morgan fingerprint density at radius 2 is 2.19 bits per heavy atom. The molecule has 0 bridgehead atoms. The Bertz CT molecular complexity index is 300. The van der Waals surface area contributed by atoms with Crippen molar-refractivity contribution in [3.8, 4) is 0 Å². The standard InChI is InChI=1S/C11H23NO3S/c1-10(13)11-5-3-6-12(9-11)7-4-8-16(2,14)15/h10-11,13H,3-9H2,1-2H3. The molecule has 2 unspecified atom stereocenters. The first-order chi connectivity index (χ1) is 7.38. The number of aliphatic hydroxyl groups excluding tert-OH is 1. The Labute approximate surface area is 98.6 Å². The summed E-state index contributed by atoms with van der Waals surface area (Å²) in [6.45, 7) is 4.61. The molecule has 5 heteroatoms. The van der Waals surface area contributed by atoms with Gasteiger partial charge in [0.2, 0.25) is 0 Å². The molecule has 1 aliphatic rings. The van der Waals surface area contributed by atoms with Crippen molar-refractivity contribution < 1.29 is 13.5 Å². The Morgan fingerprint density at radius 1 is 1.50 bits per heavy atom. The van der Waals surface area contributed by atoms with Gasteiger partial charge in [0.05, 0.1) is 11.9 Å². The molecule has 1 fully saturated rings. The molecule has 1 aliphatic heterocycles. The van der Waals surface area contributed by atoms with Crippen LogP contribution < -0.4 is 0 Å². The van der Waals surface area contributed by atoms with Gasteiger partial charge in [-0.3, -0.25) is 0 Å². The zero-order valence-electron chi connectivity index (χ0n) is 10.2. The first-order valence-corrected chi connectivity index (χ1v) is 8.02. The zero-order chi connectivity index (χ0) is 12.2. The predicted molar refractivity (Wildman–Crippen MR) is 65.2 cm³/mol. The van der Waals surface area contributed by atoms with Crippen LogP contribution in [0.5, 0.6) is 0 Å². The van der Waals surface area contributed by atoms with Gasteiger partial charge in [-0.15, -0.1) is 0 Å². The van der Waals surface area contributed by atoms with E-state index in [1.54, 1.807) is 0 Å². The van der Waals surface area contributed by atoms with E-state index < -0.39 is 9.84 Å². The summed E-state index contributed by atoms with van der Waals surface area (Å²) in [6, 6.07) is 0. The van der Waals surface area contributed by atoms with Gasteiger partial charge in [0.15, 0.2) is 0 Å². The van der Waals surface area contributed by atoms with Crippen molar-refractivity contribution in [2.45, 2.75) is 32.3 Å². The molecule has 4 nitrogen and oxygen atoms in total. The van der Waals surface area contributed by atoms with Crippen LogP contribution in [0.2, 0.25) is 0 Å². The van der Waals surface area contributed by atoms with Crippen LogP contribution in [0, 0.1) is 5.92 Å². The maximum absolute atomic E-state index is 11.0. The lowest BCUT2D eigenvalue weighted by molar-refractivity contribution is 0.0630. The molecule has 1 saturated heterocycles. The quantitative estimate of drug-likeness (QED) is 0.771. The fourth-order valence-electron chi connectivity index (χ4n) is 2.24.